The Morgan fingerprint density at radius 2 is 2.00 bits per heavy atom. The maximum absolute atomic E-state index is 14.0. The first-order valence-corrected chi connectivity index (χ1v) is 11.7. The first-order chi connectivity index (χ1) is 15.1. The van der Waals surface area contributed by atoms with E-state index in [1.165, 1.54) is 19.1 Å². The third-order valence-electron chi connectivity index (χ3n) is 5.15. The smallest absolute Gasteiger partial charge is 0.333 e. The average molecular weight is 570 g/mol. The molecule has 0 spiro atoms. The Labute approximate surface area is 203 Å². The molecule has 8 heteroatoms. The third kappa shape index (κ3) is 5.06. The molecule has 1 aromatic carbocycles. The van der Waals surface area contributed by atoms with Gasteiger partial charge in [-0.3, -0.25) is 4.79 Å². The molecule has 1 atom stereocenters. The second-order valence-electron chi connectivity index (χ2n) is 7.39. The topological polar surface area (TPSA) is 32.7 Å². The summed E-state index contributed by atoms with van der Waals surface area (Å²) in [7, 11) is 0. The van der Waals surface area contributed by atoms with E-state index in [-0.39, 0.29) is 23.1 Å². The van der Waals surface area contributed by atoms with Gasteiger partial charge in [-0.25, -0.2) is 4.99 Å². The Kier molecular flexibility index (Phi) is 7.44. The molecule has 2 heterocycles. The predicted octanol–water partition coefficient (Wildman–Crippen LogP) is 6.95. The van der Waals surface area contributed by atoms with Gasteiger partial charge in [0.15, 0.2) is 5.71 Å². The van der Waals surface area contributed by atoms with Crippen LogP contribution in [-0.2, 0) is 11.3 Å². The highest BCUT2D eigenvalue weighted by Crippen LogP contribution is 2.42. The van der Waals surface area contributed by atoms with Crippen LogP contribution in [0.15, 0.2) is 66.3 Å². The van der Waals surface area contributed by atoms with Gasteiger partial charge in [-0.05, 0) is 65.3 Å². The molecule has 32 heavy (non-hydrogen) atoms. The molecule has 1 aromatic heterocycles. The van der Waals surface area contributed by atoms with E-state index in [9.17, 15) is 18.0 Å². The van der Waals surface area contributed by atoms with Crippen LogP contribution in [0.4, 0.5) is 13.2 Å². The quantitative estimate of drug-likeness (QED) is 0.218. The van der Waals surface area contributed by atoms with Crippen LogP contribution in [0.3, 0.4) is 0 Å². The lowest BCUT2D eigenvalue weighted by Crippen LogP contribution is -2.37. The zero-order valence-electron chi connectivity index (χ0n) is 17.7. The van der Waals surface area contributed by atoms with E-state index in [4.69, 9.17) is 0 Å². The second kappa shape index (κ2) is 9.74. The van der Waals surface area contributed by atoms with Crippen LogP contribution in [0.25, 0.3) is 5.57 Å². The molecule has 1 unspecified atom stereocenters. The minimum Gasteiger partial charge on any atom is -0.333 e. The number of carbonyl (C=O) groups excluding carboxylic acids is 1. The van der Waals surface area contributed by atoms with E-state index in [0.717, 1.165) is 18.9 Å². The number of amides is 1. The van der Waals surface area contributed by atoms with Crippen LogP contribution in [0.5, 0.6) is 0 Å². The lowest BCUT2D eigenvalue weighted by molar-refractivity contribution is -0.127. The number of rotatable bonds is 5. The molecule has 2 aromatic rings. The predicted molar refractivity (Wildman–Crippen MR) is 133 cm³/mol. The first kappa shape index (κ1) is 24.4. The van der Waals surface area contributed by atoms with Gasteiger partial charge in [0.1, 0.15) is 0 Å². The summed E-state index contributed by atoms with van der Waals surface area (Å²) in [4.78, 5) is 18.9. The Morgan fingerprint density at radius 3 is 2.59 bits per heavy atom. The minimum absolute atomic E-state index is 0.00486. The Balaban J connectivity index is 2.20. The van der Waals surface area contributed by atoms with Gasteiger partial charge in [-0.2, -0.15) is 13.2 Å². The average Bonchev–Trinajstić information content (AvgIpc) is 3.11. The number of hydrogen-bond acceptors (Lipinski definition) is 3. The summed E-state index contributed by atoms with van der Waals surface area (Å²) in [5.74, 6) is -0.472. The number of benzene rings is 1. The maximum Gasteiger partial charge on any atom is 0.433 e. The van der Waals surface area contributed by atoms with Gasteiger partial charge in [0.25, 0.3) is 0 Å². The summed E-state index contributed by atoms with van der Waals surface area (Å²) < 4.78 is 42.9. The van der Waals surface area contributed by atoms with E-state index in [2.05, 4.69) is 46.8 Å². The SMILES string of the molecule is C=CC(=O)N1Cc2sc(I)cc2C(c2ccccc2/C(=C/C)C(=NC(=C)C)C(F)(F)F)C1. The van der Waals surface area contributed by atoms with Gasteiger partial charge in [-0.1, -0.05) is 43.5 Å². The molecule has 1 aliphatic heterocycles. The molecule has 0 aliphatic carbocycles. The standard InChI is InChI=1S/C24H22F3IN2OS/c1-5-15(23(24(25,26)27)29-14(3)4)16-9-7-8-10-17(16)19-12-30(22(31)6-2)13-20-18(19)11-21(28)32-20/h5-11,19H,2-3,12-13H2,1,4H3/b15-5-,29-23?. The number of alkyl halides is 3. The summed E-state index contributed by atoms with van der Waals surface area (Å²) >= 11 is 3.82. The molecule has 1 amide bonds. The molecular formula is C24H22F3IN2OS. The van der Waals surface area contributed by atoms with Crippen LogP contribution in [0.1, 0.15) is 41.3 Å². The lowest BCUT2D eigenvalue weighted by atomic mass is 9.82. The van der Waals surface area contributed by atoms with E-state index < -0.39 is 11.9 Å². The number of halogens is 4. The van der Waals surface area contributed by atoms with Crippen molar-refractivity contribution in [1.82, 2.24) is 4.90 Å². The van der Waals surface area contributed by atoms with E-state index >= 15 is 0 Å². The third-order valence-corrected chi connectivity index (χ3v) is 7.05. The molecule has 0 saturated carbocycles. The highest BCUT2D eigenvalue weighted by Gasteiger charge is 2.40. The molecule has 0 saturated heterocycles. The maximum atomic E-state index is 14.0. The summed E-state index contributed by atoms with van der Waals surface area (Å²) in [6.45, 7) is 10.9. The number of nitrogens with zero attached hydrogens (tertiary/aromatic N) is 2. The highest BCUT2D eigenvalue weighted by molar-refractivity contribution is 14.1. The van der Waals surface area contributed by atoms with E-state index in [0.29, 0.717) is 18.7 Å². The molecule has 0 N–H and O–H groups in total. The number of aliphatic imine (C=N–C) groups is 1. The lowest BCUT2D eigenvalue weighted by Gasteiger charge is -2.34. The number of fused-ring (bicyclic) bond motifs is 1. The van der Waals surface area contributed by atoms with Gasteiger partial charge in [0, 0.05) is 28.6 Å². The fraction of sp³-hybridized carbons (Fsp3) is 0.250. The van der Waals surface area contributed by atoms with Crippen molar-refractivity contribution < 1.29 is 18.0 Å². The van der Waals surface area contributed by atoms with Gasteiger partial charge in [0.2, 0.25) is 5.91 Å². The van der Waals surface area contributed by atoms with E-state index in [1.807, 2.05) is 6.07 Å². The molecule has 168 valence electrons. The van der Waals surface area contributed by atoms with Gasteiger partial charge >= 0.3 is 6.18 Å². The fourth-order valence-electron chi connectivity index (χ4n) is 3.88. The van der Waals surface area contributed by atoms with Crippen molar-refractivity contribution >= 4 is 51.1 Å². The van der Waals surface area contributed by atoms with Crippen LogP contribution >= 0.6 is 33.9 Å². The van der Waals surface area contributed by atoms with Gasteiger partial charge in [0.05, 0.1) is 9.43 Å². The number of allylic oxidation sites excluding steroid dienone is 3. The van der Waals surface area contributed by atoms with Crippen molar-refractivity contribution in [2.24, 2.45) is 4.99 Å². The molecule has 0 bridgehead atoms. The fourth-order valence-corrected chi connectivity index (χ4v) is 5.97. The molecule has 0 radical (unpaired) electrons. The van der Waals surface area contributed by atoms with Crippen molar-refractivity contribution in [3.8, 4) is 0 Å². The van der Waals surface area contributed by atoms with Crippen molar-refractivity contribution in [2.75, 3.05) is 6.54 Å². The van der Waals surface area contributed by atoms with Crippen molar-refractivity contribution in [1.29, 1.82) is 0 Å². The number of carbonyl (C=O) groups is 1. The molecule has 3 nitrogen and oxygen atoms in total. The molecule has 1 aliphatic rings. The van der Waals surface area contributed by atoms with E-state index in [1.54, 1.807) is 41.4 Å². The van der Waals surface area contributed by atoms with Crippen LogP contribution in [0, 0.1) is 2.88 Å². The monoisotopic (exact) mass is 570 g/mol. The van der Waals surface area contributed by atoms with Crippen molar-refractivity contribution in [2.45, 2.75) is 32.5 Å². The van der Waals surface area contributed by atoms with Crippen LogP contribution in [0.2, 0.25) is 0 Å². The zero-order chi connectivity index (χ0) is 23.6. The van der Waals surface area contributed by atoms with Gasteiger partial charge < -0.3 is 4.90 Å². The Morgan fingerprint density at radius 1 is 1.31 bits per heavy atom. The summed E-state index contributed by atoms with van der Waals surface area (Å²) in [6.07, 6.45) is -1.94. The Bertz CT molecular complexity index is 1130. The van der Waals surface area contributed by atoms with Crippen molar-refractivity contribution in [3.05, 3.63) is 85.8 Å². The van der Waals surface area contributed by atoms with Crippen LogP contribution in [-0.4, -0.2) is 29.2 Å². The van der Waals surface area contributed by atoms with Crippen molar-refractivity contribution in [3.63, 3.8) is 0 Å². The first-order valence-electron chi connectivity index (χ1n) is 9.83. The minimum atomic E-state index is -4.64. The number of hydrogen-bond donors (Lipinski definition) is 0. The normalized spacial score (nSPS) is 17.2. The largest absolute Gasteiger partial charge is 0.433 e. The summed E-state index contributed by atoms with van der Waals surface area (Å²) in [5, 5.41) is 0. The number of thiophene rings is 1. The van der Waals surface area contributed by atoms with Crippen LogP contribution < -0.4 is 0 Å². The summed E-state index contributed by atoms with van der Waals surface area (Å²) in [6, 6.07) is 9.08. The zero-order valence-corrected chi connectivity index (χ0v) is 20.6. The second-order valence-corrected chi connectivity index (χ2v) is 10.4. The molecule has 3 rings (SSSR count). The Hall–Kier alpha value is -2.20. The summed E-state index contributed by atoms with van der Waals surface area (Å²) in [5.41, 5.74) is 1.29. The molecular weight excluding hydrogens is 548 g/mol. The van der Waals surface area contributed by atoms with Gasteiger partial charge in [-0.15, -0.1) is 11.3 Å². The highest BCUT2D eigenvalue weighted by atomic mass is 127. The molecule has 0 fully saturated rings.